The number of aliphatic carboxylic acids is 1. The molecule has 3 heterocycles. The molecule has 1 saturated carbocycles. The average molecular weight is 495 g/mol. The highest BCUT2D eigenvalue weighted by Crippen LogP contribution is 2.49. The summed E-state index contributed by atoms with van der Waals surface area (Å²) in [5.74, 6) is -0.700. The van der Waals surface area contributed by atoms with E-state index in [2.05, 4.69) is 29.7 Å². The zero-order valence-electron chi connectivity index (χ0n) is 18.8. The van der Waals surface area contributed by atoms with E-state index in [0.29, 0.717) is 48.6 Å². The van der Waals surface area contributed by atoms with Gasteiger partial charge in [0.1, 0.15) is 11.4 Å². The zero-order chi connectivity index (χ0) is 25.3. The van der Waals surface area contributed by atoms with E-state index in [-0.39, 0.29) is 11.3 Å². The minimum Gasteiger partial charge on any atom is -0.481 e. The van der Waals surface area contributed by atoms with E-state index in [0.717, 1.165) is 11.3 Å². The summed E-state index contributed by atoms with van der Waals surface area (Å²) >= 11 is 0. The van der Waals surface area contributed by atoms with Crippen molar-refractivity contribution in [2.24, 2.45) is 5.41 Å². The summed E-state index contributed by atoms with van der Waals surface area (Å²) in [5.41, 5.74) is 2.53. The lowest BCUT2D eigenvalue weighted by Crippen LogP contribution is -2.17. The van der Waals surface area contributed by atoms with Crippen molar-refractivity contribution in [2.75, 3.05) is 0 Å². The first-order chi connectivity index (χ1) is 17.2. The van der Waals surface area contributed by atoms with Gasteiger partial charge in [0.05, 0.1) is 34.9 Å². The fourth-order valence-corrected chi connectivity index (χ4v) is 3.90. The fourth-order valence-electron chi connectivity index (χ4n) is 3.90. The maximum Gasteiger partial charge on any atom is 0.573 e. The van der Waals surface area contributed by atoms with Crippen LogP contribution in [0.2, 0.25) is 0 Å². The Morgan fingerprint density at radius 2 is 1.75 bits per heavy atom. The van der Waals surface area contributed by atoms with Crippen LogP contribution in [0.5, 0.6) is 5.75 Å². The molecule has 0 radical (unpaired) electrons. The summed E-state index contributed by atoms with van der Waals surface area (Å²) in [5, 5.41) is 9.30. The molecular weight excluding hydrogens is 475 g/mol. The summed E-state index contributed by atoms with van der Waals surface area (Å²) in [6.45, 7) is 0. The molecule has 8 nitrogen and oxygen atoms in total. The Balaban J connectivity index is 1.28. The van der Waals surface area contributed by atoms with Crippen molar-refractivity contribution in [3.05, 3.63) is 66.9 Å². The predicted octanol–water partition coefficient (Wildman–Crippen LogP) is 5.29. The van der Waals surface area contributed by atoms with Crippen molar-refractivity contribution in [3.8, 4) is 39.8 Å². The number of aromatic nitrogens is 5. The normalized spacial score (nSPS) is 14.4. The Bertz CT molecular complexity index is 1380. The number of ether oxygens (including phenoxy) is 1. The number of hydrogen-bond donors (Lipinski definition) is 2. The Hall–Kier alpha value is -4.28. The van der Waals surface area contributed by atoms with Gasteiger partial charge in [-0.05, 0) is 49.9 Å². The number of nitrogens with zero attached hydrogens (tertiary/aromatic N) is 4. The van der Waals surface area contributed by atoms with Crippen LogP contribution < -0.4 is 4.74 Å². The molecule has 1 aliphatic rings. The summed E-state index contributed by atoms with van der Waals surface area (Å²) < 4.78 is 42.3. The van der Waals surface area contributed by atoms with Gasteiger partial charge in [0, 0.05) is 23.5 Å². The molecule has 11 heteroatoms. The SMILES string of the molecule is O=C(O)C1(CCc2cnc(-c3ccc(-c4ncc(-c5ccccc5OC(F)(F)F)[nH]4)nc3)cn2)CC1. The Morgan fingerprint density at radius 3 is 2.39 bits per heavy atom. The molecule has 3 aromatic heterocycles. The van der Waals surface area contributed by atoms with E-state index < -0.39 is 17.7 Å². The number of halogens is 3. The third-order valence-corrected chi connectivity index (χ3v) is 6.15. The Kier molecular flexibility index (Phi) is 5.91. The number of nitrogens with one attached hydrogen (secondary N) is 1. The van der Waals surface area contributed by atoms with Crippen molar-refractivity contribution >= 4 is 5.97 Å². The van der Waals surface area contributed by atoms with Crippen molar-refractivity contribution < 1.29 is 27.8 Å². The molecule has 2 N–H and O–H groups in total. The predicted molar refractivity (Wildman–Crippen MR) is 123 cm³/mol. The highest BCUT2D eigenvalue weighted by Gasteiger charge is 2.49. The summed E-state index contributed by atoms with van der Waals surface area (Å²) in [7, 11) is 0. The van der Waals surface area contributed by atoms with Crippen LogP contribution in [0.25, 0.3) is 34.0 Å². The van der Waals surface area contributed by atoms with Crippen LogP contribution in [-0.2, 0) is 11.2 Å². The van der Waals surface area contributed by atoms with Gasteiger partial charge in [-0.15, -0.1) is 13.2 Å². The third-order valence-electron chi connectivity index (χ3n) is 6.15. The van der Waals surface area contributed by atoms with Crippen LogP contribution in [0.3, 0.4) is 0 Å². The highest BCUT2D eigenvalue weighted by atomic mass is 19.4. The van der Waals surface area contributed by atoms with Gasteiger partial charge in [-0.2, -0.15) is 0 Å². The average Bonchev–Trinajstić information content (AvgIpc) is 3.51. The second-order valence-corrected chi connectivity index (χ2v) is 8.60. The monoisotopic (exact) mass is 495 g/mol. The zero-order valence-corrected chi connectivity index (χ0v) is 18.8. The lowest BCUT2D eigenvalue weighted by molar-refractivity contribution is -0.274. The van der Waals surface area contributed by atoms with Crippen LogP contribution in [0.4, 0.5) is 13.2 Å². The third kappa shape index (κ3) is 5.04. The van der Waals surface area contributed by atoms with Gasteiger partial charge in [0.15, 0.2) is 5.82 Å². The molecule has 0 amide bonds. The van der Waals surface area contributed by atoms with Crippen molar-refractivity contribution in [1.29, 1.82) is 0 Å². The molecule has 0 unspecified atom stereocenters. The molecule has 5 rings (SSSR count). The maximum absolute atomic E-state index is 12.7. The number of pyridine rings is 1. The van der Waals surface area contributed by atoms with Gasteiger partial charge < -0.3 is 14.8 Å². The van der Waals surface area contributed by atoms with Gasteiger partial charge in [0.25, 0.3) is 0 Å². The standard InChI is InChI=1S/C25H20F3N5O3/c26-25(27,28)36-21-4-2-1-3-17(21)20-14-32-22(33-20)18-6-5-15(11-30-18)19-13-29-16(12-31-19)7-8-24(9-10-24)23(34)35/h1-6,11-14H,7-10H2,(H,32,33)(H,34,35). The second kappa shape index (κ2) is 9.06. The van der Waals surface area contributed by atoms with E-state index in [1.54, 1.807) is 36.8 Å². The number of imidazole rings is 1. The molecule has 184 valence electrons. The first-order valence-corrected chi connectivity index (χ1v) is 11.1. The van der Waals surface area contributed by atoms with Crippen LogP contribution in [0.1, 0.15) is 25.0 Å². The largest absolute Gasteiger partial charge is 0.573 e. The second-order valence-electron chi connectivity index (χ2n) is 8.60. The number of aryl methyl sites for hydroxylation is 1. The first-order valence-electron chi connectivity index (χ1n) is 11.1. The number of carboxylic acids is 1. The van der Waals surface area contributed by atoms with Crippen molar-refractivity contribution in [1.82, 2.24) is 24.9 Å². The van der Waals surface area contributed by atoms with E-state index in [4.69, 9.17) is 0 Å². The Labute approximate surface area is 203 Å². The number of benzene rings is 1. The van der Waals surface area contributed by atoms with Gasteiger partial charge in [0.2, 0.25) is 0 Å². The maximum atomic E-state index is 12.7. The molecule has 0 aliphatic heterocycles. The minimum absolute atomic E-state index is 0.219. The smallest absolute Gasteiger partial charge is 0.481 e. The summed E-state index contributed by atoms with van der Waals surface area (Å²) in [6, 6.07) is 9.31. The topological polar surface area (TPSA) is 114 Å². The number of para-hydroxylation sites is 1. The molecular formula is C25H20F3N5O3. The quantitative estimate of drug-likeness (QED) is 0.341. The molecule has 0 bridgehead atoms. The molecule has 1 aromatic carbocycles. The lowest BCUT2D eigenvalue weighted by atomic mass is 9.99. The number of alkyl halides is 3. The van der Waals surface area contributed by atoms with E-state index in [1.807, 2.05) is 0 Å². The summed E-state index contributed by atoms with van der Waals surface area (Å²) in [6.07, 6.45) is 3.98. The van der Waals surface area contributed by atoms with Crippen LogP contribution in [-0.4, -0.2) is 42.4 Å². The highest BCUT2D eigenvalue weighted by molar-refractivity contribution is 5.77. The molecule has 1 fully saturated rings. The number of carbonyl (C=O) groups is 1. The van der Waals surface area contributed by atoms with E-state index in [9.17, 15) is 23.1 Å². The van der Waals surface area contributed by atoms with Gasteiger partial charge >= 0.3 is 12.3 Å². The van der Waals surface area contributed by atoms with E-state index >= 15 is 0 Å². The van der Waals surface area contributed by atoms with Crippen molar-refractivity contribution in [2.45, 2.75) is 32.0 Å². The van der Waals surface area contributed by atoms with E-state index in [1.165, 1.54) is 24.4 Å². The molecule has 36 heavy (non-hydrogen) atoms. The molecule has 1 aliphatic carbocycles. The number of H-pyrrole nitrogens is 1. The molecule has 0 atom stereocenters. The molecule has 0 spiro atoms. The molecule has 4 aromatic rings. The summed E-state index contributed by atoms with van der Waals surface area (Å²) in [4.78, 5) is 31.8. The number of rotatable bonds is 8. The van der Waals surface area contributed by atoms with Crippen LogP contribution >= 0.6 is 0 Å². The number of hydrogen-bond acceptors (Lipinski definition) is 6. The Morgan fingerprint density at radius 1 is 0.972 bits per heavy atom. The van der Waals surface area contributed by atoms with Crippen LogP contribution in [0.15, 0.2) is 61.2 Å². The number of carboxylic acid groups (broad SMARTS) is 1. The van der Waals surface area contributed by atoms with Crippen molar-refractivity contribution in [3.63, 3.8) is 0 Å². The minimum atomic E-state index is -4.81. The lowest BCUT2D eigenvalue weighted by Gasteiger charge is -2.12. The van der Waals surface area contributed by atoms with Crippen LogP contribution in [0, 0.1) is 5.41 Å². The fraction of sp³-hybridized carbons (Fsp3) is 0.240. The first kappa shape index (κ1) is 23.5. The van der Waals surface area contributed by atoms with Gasteiger partial charge in [-0.1, -0.05) is 12.1 Å². The molecule has 0 saturated heterocycles. The number of aromatic amines is 1. The van der Waals surface area contributed by atoms with Gasteiger partial charge in [-0.3, -0.25) is 19.7 Å². The van der Waals surface area contributed by atoms with Gasteiger partial charge in [-0.25, -0.2) is 4.98 Å².